The highest BCUT2D eigenvalue weighted by atomic mass is 127. The first-order valence-corrected chi connectivity index (χ1v) is 7.17. The summed E-state index contributed by atoms with van der Waals surface area (Å²) in [5.74, 6) is 0.817. The molecule has 0 amide bonds. The molecule has 6 nitrogen and oxygen atoms in total. The fourth-order valence-corrected chi connectivity index (χ4v) is 1.92. The molecule has 0 atom stereocenters. The minimum absolute atomic E-state index is 0. The molecule has 0 aliphatic carbocycles. The summed E-state index contributed by atoms with van der Waals surface area (Å²) in [6, 6.07) is 5.96. The third-order valence-electron chi connectivity index (χ3n) is 2.92. The molecule has 2 aromatic rings. The van der Waals surface area contributed by atoms with Gasteiger partial charge in [0.2, 0.25) is 0 Å². The number of guanidine groups is 1. The third-order valence-corrected chi connectivity index (χ3v) is 2.92. The van der Waals surface area contributed by atoms with E-state index in [9.17, 15) is 0 Å². The highest BCUT2D eigenvalue weighted by Crippen LogP contribution is 1.98. The molecule has 2 heterocycles. The lowest BCUT2D eigenvalue weighted by atomic mass is 10.3. The van der Waals surface area contributed by atoms with Crippen molar-refractivity contribution in [3.8, 4) is 0 Å². The van der Waals surface area contributed by atoms with Crippen LogP contribution in [-0.2, 0) is 20.0 Å². The van der Waals surface area contributed by atoms with Crippen LogP contribution >= 0.6 is 24.0 Å². The smallest absolute Gasteiger partial charge is 0.191 e. The van der Waals surface area contributed by atoms with Crippen molar-refractivity contribution < 1.29 is 0 Å². The molecule has 0 aliphatic rings. The van der Waals surface area contributed by atoms with Gasteiger partial charge in [-0.2, -0.15) is 5.10 Å². The van der Waals surface area contributed by atoms with E-state index in [4.69, 9.17) is 0 Å². The highest BCUT2D eigenvalue weighted by molar-refractivity contribution is 14.0. The van der Waals surface area contributed by atoms with E-state index in [1.807, 2.05) is 43.8 Å². The van der Waals surface area contributed by atoms with E-state index < -0.39 is 0 Å². The minimum Gasteiger partial charge on any atom is -0.357 e. The maximum Gasteiger partial charge on any atom is 0.191 e. The van der Waals surface area contributed by atoms with Gasteiger partial charge in [0.15, 0.2) is 5.96 Å². The molecule has 7 heteroatoms. The van der Waals surface area contributed by atoms with Crippen LogP contribution in [0.25, 0.3) is 0 Å². The molecule has 0 fully saturated rings. The van der Waals surface area contributed by atoms with Gasteiger partial charge in [-0.25, -0.2) is 4.99 Å². The number of nitrogens with one attached hydrogen (secondary N) is 2. The topological polar surface area (TPSA) is 67.1 Å². The Morgan fingerprint density at radius 2 is 2.18 bits per heavy atom. The Hall–Kier alpha value is -1.64. The largest absolute Gasteiger partial charge is 0.357 e. The van der Waals surface area contributed by atoms with Crippen molar-refractivity contribution in [2.45, 2.75) is 19.9 Å². The summed E-state index contributed by atoms with van der Waals surface area (Å²) in [5.41, 5.74) is 2.17. The third kappa shape index (κ3) is 6.42. The molecule has 0 aliphatic heterocycles. The van der Waals surface area contributed by atoms with Gasteiger partial charge in [-0.1, -0.05) is 6.07 Å². The Morgan fingerprint density at radius 3 is 2.82 bits per heavy atom. The fourth-order valence-electron chi connectivity index (χ4n) is 1.92. The van der Waals surface area contributed by atoms with Gasteiger partial charge in [-0.15, -0.1) is 24.0 Å². The average Bonchev–Trinajstić information content (AvgIpc) is 2.91. The quantitative estimate of drug-likeness (QED) is 0.429. The molecule has 0 spiro atoms. The maximum atomic E-state index is 4.55. The van der Waals surface area contributed by atoms with Crippen LogP contribution < -0.4 is 10.6 Å². The molecule has 2 N–H and O–H groups in total. The lowest BCUT2D eigenvalue weighted by molar-refractivity contribution is 0.766. The van der Waals surface area contributed by atoms with Crippen molar-refractivity contribution >= 4 is 29.9 Å². The highest BCUT2D eigenvalue weighted by Gasteiger charge is 1.99. The van der Waals surface area contributed by atoms with Crippen LogP contribution in [0.2, 0.25) is 0 Å². The zero-order valence-corrected chi connectivity index (χ0v) is 15.3. The molecule has 2 aromatic heterocycles. The molecule has 2 rings (SSSR count). The Morgan fingerprint density at radius 1 is 1.32 bits per heavy atom. The fraction of sp³-hybridized carbons (Fsp3) is 0.400. The molecule has 0 saturated heterocycles. The van der Waals surface area contributed by atoms with Crippen LogP contribution in [0, 0.1) is 0 Å². The van der Waals surface area contributed by atoms with Gasteiger partial charge in [0.25, 0.3) is 0 Å². The first-order chi connectivity index (χ1) is 10.3. The van der Waals surface area contributed by atoms with Crippen molar-refractivity contribution in [2.24, 2.45) is 12.0 Å². The first kappa shape index (κ1) is 18.4. The van der Waals surface area contributed by atoms with E-state index in [0.717, 1.165) is 36.7 Å². The van der Waals surface area contributed by atoms with E-state index in [1.54, 1.807) is 4.68 Å². The minimum atomic E-state index is 0. The second-order valence-corrected chi connectivity index (χ2v) is 4.72. The molecule has 0 bridgehead atoms. The normalized spacial score (nSPS) is 10.9. The molecule has 0 saturated carbocycles. The number of pyridine rings is 1. The van der Waals surface area contributed by atoms with Crippen LogP contribution in [0.1, 0.15) is 18.2 Å². The molecular formula is C15H23IN6. The molecule has 0 radical (unpaired) electrons. The summed E-state index contributed by atoms with van der Waals surface area (Å²) >= 11 is 0. The van der Waals surface area contributed by atoms with Gasteiger partial charge in [0, 0.05) is 50.2 Å². The van der Waals surface area contributed by atoms with Crippen molar-refractivity contribution in [1.82, 2.24) is 25.4 Å². The summed E-state index contributed by atoms with van der Waals surface area (Å²) < 4.78 is 1.78. The number of rotatable bonds is 6. The van der Waals surface area contributed by atoms with Gasteiger partial charge in [0.1, 0.15) is 0 Å². The Kier molecular flexibility index (Phi) is 8.49. The zero-order valence-electron chi connectivity index (χ0n) is 13.0. The van der Waals surface area contributed by atoms with Gasteiger partial charge >= 0.3 is 0 Å². The van der Waals surface area contributed by atoms with E-state index >= 15 is 0 Å². The maximum absolute atomic E-state index is 4.55. The lowest BCUT2D eigenvalue weighted by Crippen LogP contribution is -2.38. The standard InChI is InChI=1S/C15H22N6.HI/c1-3-16-15(19-10-13-11-20-21(2)12-13)18-9-7-14-6-4-5-8-17-14;/h4-6,8,11-12H,3,7,9-10H2,1-2H3,(H2,16,18,19);1H. The van der Waals surface area contributed by atoms with Crippen molar-refractivity contribution in [1.29, 1.82) is 0 Å². The Bertz CT molecular complexity index is 566. The number of aliphatic imine (C=N–C) groups is 1. The van der Waals surface area contributed by atoms with Crippen molar-refractivity contribution in [3.05, 3.63) is 48.0 Å². The van der Waals surface area contributed by atoms with E-state index in [-0.39, 0.29) is 24.0 Å². The number of aryl methyl sites for hydroxylation is 1. The molecule has 120 valence electrons. The number of hydrogen-bond acceptors (Lipinski definition) is 3. The van der Waals surface area contributed by atoms with Crippen LogP contribution in [-0.4, -0.2) is 33.8 Å². The van der Waals surface area contributed by atoms with Gasteiger partial charge < -0.3 is 10.6 Å². The SMILES string of the molecule is CCNC(=NCc1cnn(C)c1)NCCc1ccccn1.I. The van der Waals surface area contributed by atoms with Crippen LogP contribution in [0.3, 0.4) is 0 Å². The van der Waals surface area contributed by atoms with Crippen molar-refractivity contribution in [2.75, 3.05) is 13.1 Å². The summed E-state index contributed by atoms with van der Waals surface area (Å²) in [6.07, 6.45) is 6.50. The molecule has 0 aromatic carbocycles. The van der Waals surface area contributed by atoms with Crippen LogP contribution in [0.4, 0.5) is 0 Å². The van der Waals surface area contributed by atoms with E-state index in [2.05, 4.69) is 32.6 Å². The number of hydrogen-bond donors (Lipinski definition) is 2. The summed E-state index contributed by atoms with van der Waals surface area (Å²) in [5, 5.41) is 10.7. The van der Waals surface area contributed by atoms with E-state index in [0.29, 0.717) is 6.54 Å². The van der Waals surface area contributed by atoms with Gasteiger partial charge in [-0.3, -0.25) is 9.67 Å². The van der Waals surface area contributed by atoms with Gasteiger partial charge in [0.05, 0.1) is 12.7 Å². The monoisotopic (exact) mass is 414 g/mol. The predicted molar refractivity (Wildman–Crippen MR) is 99.4 cm³/mol. The number of aromatic nitrogens is 3. The van der Waals surface area contributed by atoms with E-state index in [1.165, 1.54) is 0 Å². The number of halogens is 1. The first-order valence-electron chi connectivity index (χ1n) is 7.17. The average molecular weight is 414 g/mol. The molecule has 0 unspecified atom stereocenters. The molecular weight excluding hydrogens is 391 g/mol. The summed E-state index contributed by atoms with van der Waals surface area (Å²) in [6.45, 7) is 4.31. The Labute approximate surface area is 148 Å². The predicted octanol–water partition coefficient (Wildman–Crippen LogP) is 1.73. The lowest BCUT2D eigenvalue weighted by Gasteiger charge is -2.10. The van der Waals surface area contributed by atoms with Crippen LogP contribution in [0.15, 0.2) is 41.8 Å². The summed E-state index contributed by atoms with van der Waals surface area (Å²) in [4.78, 5) is 8.86. The van der Waals surface area contributed by atoms with Crippen LogP contribution in [0.5, 0.6) is 0 Å². The Balaban J connectivity index is 0.00000242. The molecule has 22 heavy (non-hydrogen) atoms. The second kappa shape index (κ2) is 10.1. The van der Waals surface area contributed by atoms with Gasteiger partial charge in [-0.05, 0) is 19.1 Å². The van der Waals surface area contributed by atoms with Crippen molar-refractivity contribution in [3.63, 3.8) is 0 Å². The number of nitrogens with zero attached hydrogens (tertiary/aromatic N) is 4. The zero-order chi connectivity index (χ0) is 14.9. The second-order valence-electron chi connectivity index (χ2n) is 4.72. The summed E-state index contributed by atoms with van der Waals surface area (Å²) in [7, 11) is 1.91.